The molecule has 2 amide bonds. The van der Waals surface area contributed by atoms with Crippen LogP contribution in [0.15, 0.2) is 0 Å². The van der Waals surface area contributed by atoms with E-state index in [0.29, 0.717) is 6.54 Å². The monoisotopic (exact) mass is 186 g/mol. The zero-order chi connectivity index (χ0) is 9.49. The van der Waals surface area contributed by atoms with Crippen molar-refractivity contribution in [1.82, 2.24) is 5.32 Å². The van der Waals surface area contributed by atoms with Crippen molar-refractivity contribution in [3.8, 4) is 0 Å². The fraction of sp³-hybridized carbons (Fsp3) is 0.667. The van der Waals surface area contributed by atoms with Crippen molar-refractivity contribution in [2.45, 2.75) is 6.92 Å². The first kappa shape index (κ1) is 12.8. The molecule has 0 aromatic rings. The van der Waals surface area contributed by atoms with Gasteiger partial charge in [0.15, 0.2) is 0 Å². The normalized spacial score (nSPS) is 9.36. The van der Waals surface area contributed by atoms with Crippen LogP contribution in [-0.2, 0) is 10.4 Å². The van der Waals surface area contributed by atoms with Crippen molar-refractivity contribution in [2.24, 2.45) is 5.73 Å². The second-order valence-electron chi connectivity index (χ2n) is 1.34. The standard InChI is InChI=1S/C3H8N2O.H2O4S/c1-2-5-3(4)6;1-5(2,3)4/h2H2,1H3,(H3,4,5,6);(H2,1,2,3,4). The van der Waals surface area contributed by atoms with Crippen LogP contribution in [0.1, 0.15) is 6.92 Å². The predicted molar refractivity (Wildman–Crippen MR) is 37.4 cm³/mol. The molecule has 0 aliphatic heterocycles. The minimum atomic E-state index is -4.67. The number of primary amides is 1. The lowest BCUT2D eigenvalue weighted by molar-refractivity contribution is 0.249. The zero-order valence-electron chi connectivity index (χ0n) is 5.81. The Morgan fingerprint density at radius 1 is 1.55 bits per heavy atom. The van der Waals surface area contributed by atoms with Gasteiger partial charge in [-0.15, -0.1) is 0 Å². The van der Waals surface area contributed by atoms with Gasteiger partial charge in [-0.2, -0.15) is 8.42 Å². The summed E-state index contributed by atoms with van der Waals surface area (Å²) in [5.41, 5.74) is 4.65. The highest BCUT2D eigenvalue weighted by molar-refractivity contribution is 7.79. The number of hydrogen-bond acceptors (Lipinski definition) is 3. The molecule has 0 spiro atoms. The molecule has 0 aliphatic carbocycles. The molecule has 0 radical (unpaired) electrons. The third kappa shape index (κ3) is 102. The van der Waals surface area contributed by atoms with Crippen LogP contribution in [0.3, 0.4) is 0 Å². The Kier molecular flexibility index (Phi) is 6.85. The van der Waals surface area contributed by atoms with Gasteiger partial charge in [0.1, 0.15) is 0 Å². The lowest BCUT2D eigenvalue weighted by Gasteiger charge is -1.88. The average molecular weight is 186 g/mol. The summed E-state index contributed by atoms with van der Waals surface area (Å²) in [6, 6.07) is -0.461. The van der Waals surface area contributed by atoms with Crippen molar-refractivity contribution in [3.05, 3.63) is 0 Å². The van der Waals surface area contributed by atoms with Crippen molar-refractivity contribution in [1.29, 1.82) is 0 Å². The van der Waals surface area contributed by atoms with Crippen LogP contribution in [0.2, 0.25) is 0 Å². The van der Waals surface area contributed by atoms with E-state index in [9.17, 15) is 4.79 Å². The molecule has 7 nitrogen and oxygen atoms in total. The Morgan fingerprint density at radius 2 is 1.82 bits per heavy atom. The molecule has 0 heterocycles. The van der Waals surface area contributed by atoms with E-state index in [1.54, 1.807) is 0 Å². The van der Waals surface area contributed by atoms with Gasteiger partial charge in [-0.05, 0) is 6.92 Å². The van der Waals surface area contributed by atoms with E-state index in [4.69, 9.17) is 17.5 Å². The Labute approximate surface area is 64.2 Å². The van der Waals surface area contributed by atoms with Crippen molar-refractivity contribution >= 4 is 16.4 Å². The summed E-state index contributed by atoms with van der Waals surface area (Å²) in [6.07, 6.45) is 0. The van der Waals surface area contributed by atoms with Gasteiger partial charge in [0.2, 0.25) is 0 Å². The van der Waals surface area contributed by atoms with Crippen LogP contribution in [0.25, 0.3) is 0 Å². The highest BCUT2D eigenvalue weighted by Crippen LogP contribution is 1.59. The van der Waals surface area contributed by atoms with Gasteiger partial charge in [0.05, 0.1) is 0 Å². The van der Waals surface area contributed by atoms with Gasteiger partial charge in [0.25, 0.3) is 0 Å². The molecule has 68 valence electrons. The fourth-order valence-electron chi connectivity index (χ4n) is 0.174. The smallest absolute Gasteiger partial charge is 0.352 e. The molecular weight excluding hydrogens is 176 g/mol. The van der Waals surface area contributed by atoms with E-state index in [0.717, 1.165) is 0 Å². The highest BCUT2D eigenvalue weighted by atomic mass is 32.3. The zero-order valence-corrected chi connectivity index (χ0v) is 6.63. The Balaban J connectivity index is 0. The number of hydrogen-bond donors (Lipinski definition) is 4. The second kappa shape index (κ2) is 5.89. The van der Waals surface area contributed by atoms with Crippen molar-refractivity contribution < 1.29 is 22.3 Å². The van der Waals surface area contributed by atoms with Crippen LogP contribution in [0.5, 0.6) is 0 Å². The minimum absolute atomic E-state index is 0.461. The van der Waals surface area contributed by atoms with Crippen molar-refractivity contribution in [3.63, 3.8) is 0 Å². The van der Waals surface area contributed by atoms with Crippen LogP contribution in [0.4, 0.5) is 4.79 Å². The van der Waals surface area contributed by atoms with Crippen LogP contribution < -0.4 is 11.1 Å². The Morgan fingerprint density at radius 3 is 1.82 bits per heavy atom. The number of carbonyl (C=O) groups is 1. The quantitative estimate of drug-likeness (QED) is 0.391. The lowest BCUT2D eigenvalue weighted by Crippen LogP contribution is -2.28. The van der Waals surface area contributed by atoms with Gasteiger partial charge >= 0.3 is 16.4 Å². The number of rotatable bonds is 1. The number of nitrogens with two attached hydrogens (primary N) is 1. The van der Waals surface area contributed by atoms with Crippen LogP contribution in [0, 0.1) is 0 Å². The number of nitrogens with one attached hydrogen (secondary N) is 1. The molecule has 0 saturated heterocycles. The molecule has 0 aliphatic rings. The van der Waals surface area contributed by atoms with Gasteiger partial charge in [-0.1, -0.05) is 0 Å². The molecule has 0 rings (SSSR count). The summed E-state index contributed by atoms with van der Waals surface area (Å²) in [5, 5.41) is 2.35. The van der Waals surface area contributed by atoms with Crippen LogP contribution in [-0.4, -0.2) is 30.1 Å². The average Bonchev–Trinajstić information content (AvgIpc) is 1.58. The summed E-state index contributed by atoms with van der Waals surface area (Å²) in [6.45, 7) is 2.42. The Hall–Kier alpha value is -0.860. The molecule has 0 bridgehead atoms. The molecule has 0 atom stereocenters. The number of urea groups is 1. The summed E-state index contributed by atoms with van der Waals surface area (Å²) in [7, 11) is -4.67. The maximum atomic E-state index is 9.71. The predicted octanol–water partition coefficient (Wildman–Crippen LogP) is -0.978. The molecule has 0 unspecified atom stereocenters. The topological polar surface area (TPSA) is 130 Å². The summed E-state index contributed by atoms with van der Waals surface area (Å²) in [4.78, 5) is 9.71. The minimum Gasteiger partial charge on any atom is -0.352 e. The third-order valence-electron chi connectivity index (χ3n) is 0.351. The third-order valence-corrected chi connectivity index (χ3v) is 0.351. The van der Waals surface area contributed by atoms with Crippen molar-refractivity contribution in [2.75, 3.05) is 6.54 Å². The van der Waals surface area contributed by atoms with Gasteiger partial charge in [0, 0.05) is 6.54 Å². The molecule has 0 aromatic heterocycles. The van der Waals surface area contributed by atoms with E-state index in [2.05, 4.69) is 11.1 Å². The highest BCUT2D eigenvalue weighted by Gasteiger charge is 1.84. The summed E-state index contributed by atoms with van der Waals surface area (Å²) < 4.78 is 31.6. The van der Waals surface area contributed by atoms with Gasteiger partial charge in [-0.3, -0.25) is 9.11 Å². The van der Waals surface area contributed by atoms with Gasteiger partial charge < -0.3 is 11.1 Å². The van der Waals surface area contributed by atoms with Crippen LogP contribution >= 0.6 is 0 Å². The van der Waals surface area contributed by atoms with E-state index >= 15 is 0 Å². The molecule has 11 heavy (non-hydrogen) atoms. The van der Waals surface area contributed by atoms with E-state index in [-0.39, 0.29) is 0 Å². The molecule has 8 heteroatoms. The first-order valence-electron chi connectivity index (χ1n) is 2.50. The van der Waals surface area contributed by atoms with Gasteiger partial charge in [-0.25, -0.2) is 4.79 Å². The maximum Gasteiger partial charge on any atom is 0.394 e. The first-order valence-corrected chi connectivity index (χ1v) is 3.90. The first-order chi connectivity index (χ1) is 4.77. The maximum absolute atomic E-state index is 9.71. The molecule has 5 N–H and O–H groups in total. The summed E-state index contributed by atoms with van der Waals surface area (Å²) >= 11 is 0. The molecule has 0 aromatic carbocycles. The molecular formula is C3H10N2O5S. The Bertz CT molecular complexity index is 190. The number of carbonyl (C=O) groups excluding carboxylic acids is 1. The fourth-order valence-corrected chi connectivity index (χ4v) is 0.174. The summed E-state index contributed by atoms with van der Waals surface area (Å²) in [5.74, 6) is 0. The number of amides is 2. The van der Waals surface area contributed by atoms with E-state index in [1.165, 1.54) is 0 Å². The second-order valence-corrected chi connectivity index (χ2v) is 2.24. The molecule has 0 fully saturated rings. The SMILES string of the molecule is CCNC(N)=O.O=S(=O)(O)O. The lowest BCUT2D eigenvalue weighted by atomic mass is 10.7. The molecule has 0 saturated carbocycles. The largest absolute Gasteiger partial charge is 0.394 e. The van der Waals surface area contributed by atoms with E-state index < -0.39 is 16.4 Å². The van der Waals surface area contributed by atoms with E-state index in [1.807, 2.05) is 6.92 Å².